The predicted octanol–water partition coefficient (Wildman–Crippen LogP) is 5.37. The fraction of sp³-hybridized carbons (Fsp3) is 0.294. The highest BCUT2D eigenvalue weighted by Crippen LogP contribution is 2.21. The minimum absolute atomic E-state index is 0.0790. The third-order valence-electron chi connectivity index (χ3n) is 7.24. The summed E-state index contributed by atoms with van der Waals surface area (Å²) in [5, 5.41) is 8.73. The molecule has 208 valence electrons. The molecule has 4 aromatic rings. The van der Waals surface area contributed by atoms with Gasteiger partial charge in [0.25, 0.3) is 5.91 Å². The van der Waals surface area contributed by atoms with E-state index in [1.165, 1.54) is 10.8 Å². The van der Waals surface area contributed by atoms with Gasteiger partial charge in [-0.1, -0.05) is 91.3 Å². The first-order valence-corrected chi connectivity index (χ1v) is 14.2. The number of carbonyl (C=O) groups excluding carboxylic acids is 2. The maximum atomic E-state index is 13.7. The van der Waals surface area contributed by atoms with Crippen LogP contribution in [0.3, 0.4) is 0 Å². The zero-order chi connectivity index (χ0) is 28.2. The normalized spacial score (nSPS) is 11.8. The van der Waals surface area contributed by atoms with Crippen LogP contribution in [-0.4, -0.2) is 48.9 Å². The average Bonchev–Trinajstić information content (AvgIpc) is 3.01. The molecule has 4 rings (SSSR count). The van der Waals surface area contributed by atoms with E-state index in [1.54, 1.807) is 0 Å². The van der Waals surface area contributed by atoms with Crippen LogP contribution >= 0.6 is 0 Å². The lowest BCUT2D eigenvalue weighted by Crippen LogP contribution is -2.48. The maximum absolute atomic E-state index is 13.7. The van der Waals surface area contributed by atoms with Crippen molar-refractivity contribution >= 4 is 22.6 Å². The predicted molar refractivity (Wildman–Crippen MR) is 164 cm³/mol. The summed E-state index contributed by atoms with van der Waals surface area (Å²) in [5.74, 6) is -0.0474. The lowest BCUT2D eigenvalue weighted by molar-refractivity contribution is -0.134. The van der Waals surface area contributed by atoms with E-state index in [-0.39, 0.29) is 17.9 Å². The molecule has 0 heterocycles. The fourth-order valence-corrected chi connectivity index (χ4v) is 4.98. The van der Waals surface area contributed by atoms with Crippen molar-refractivity contribution in [1.82, 2.24) is 15.5 Å². The molecule has 1 unspecified atom stereocenters. The van der Waals surface area contributed by atoms with Gasteiger partial charge >= 0.3 is 0 Å². The Morgan fingerprint density at radius 1 is 0.800 bits per heavy atom. The molecule has 0 aliphatic carbocycles. The molecular formula is C34H40N4O2. The van der Waals surface area contributed by atoms with Crippen molar-refractivity contribution in [3.8, 4) is 11.1 Å². The Labute approximate surface area is 237 Å². The van der Waals surface area contributed by atoms with Crippen molar-refractivity contribution in [3.05, 3.63) is 108 Å². The number of rotatable bonds is 14. The van der Waals surface area contributed by atoms with Crippen molar-refractivity contribution in [2.45, 2.75) is 38.8 Å². The fourth-order valence-electron chi connectivity index (χ4n) is 4.98. The number of fused-ring (bicyclic) bond motifs is 1. The molecule has 40 heavy (non-hydrogen) atoms. The minimum Gasteiger partial charge on any atom is -0.351 e. The third kappa shape index (κ3) is 7.78. The van der Waals surface area contributed by atoms with Crippen LogP contribution in [0.25, 0.3) is 21.9 Å². The number of hydrogen-bond donors (Lipinski definition) is 3. The molecule has 4 aromatic carbocycles. The van der Waals surface area contributed by atoms with Gasteiger partial charge in [-0.2, -0.15) is 0 Å². The van der Waals surface area contributed by atoms with Crippen LogP contribution < -0.4 is 16.4 Å². The first kappa shape index (κ1) is 29.0. The molecule has 0 aliphatic rings. The molecule has 4 N–H and O–H groups in total. The van der Waals surface area contributed by atoms with Gasteiger partial charge < -0.3 is 21.3 Å². The molecular weight excluding hydrogens is 496 g/mol. The van der Waals surface area contributed by atoms with Crippen LogP contribution in [0.15, 0.2) is 97.1 Å². The number of amides is 2. The SMILES string of the molecule is CCN(Cc1cccc2ccccc12)C(=O)C(CCCCN)NCCNC(=O)c1ccc(-c2ccccc2)cc1. The van der Waals surface area contributed by atoms with Gasteiger partial charge in [0.1, 0.15) is 0 Å². The molecule has 6 heteroatoms. The van der Waals surface area contributed by atoms with Gasteiger partial charge in [-0.05, 0) is 65.9 Å². The van der Waals surface area contributed by atoms with Crippen molar-refractivity contribution in [1.29, 1.82) is 0 Å². The Hall–Kier alpha value is -4.00. The molecule has 6 nitrogen and oxygen atoms in total. The highest BCUT2D eigenvalue weighted by molar-refractivity contribution is 5.94. The van der Waals surface area contributed by atoms with Gasteiger partial charge in [0, 0.05) is 31.7 Å². The maximum Gasteiger partial charge on any atom is 0.251 e. The number of nitrogens with one attached hydrogen (secondary N) is 2. The Kier molecular flexibility index (Phi) is 10.8. The summed E-state index contributed by atoms with van der Waals surface area (Å²) in [6, 6.07) is 31.9. The Morgan fingerprint density at radius 2 is 1.50 bits per heavy atom. The summed E-state index contributed by atoms with van der Waals surface area (Å²) in [6.45, 7) is 4.72. The summed E-state index contributed by atoms with van der Waals surface area (Å²) >= 11 is 0. The first-order chi connectivity index (χ1) is 19.6. The van der Waals surface area contributed by atoms with Gasteiger partial charge in [-0.3, -0.25) is 9.59 Å². The van der Waals surface area contributed by atoms with Gasteiger partial charge in [-0.15, -0.1) is 0 Å². The Bertz CT molecular complexity index is 1370. The van der Waals surface area contributed by atoms with Gasteiger partial charge in [0.05, 0.1) is 6.04 Å². The standard InChI is InChI=1S/C34H40N4O2/c1-2-38(25-30-15-10-14-28-13-6-7-16-31(28)30)34(40)32(17-8-9-22-35)36-23-24-37-33(39)29-20-18-27(19-21-29)26-11-4-3-5-12-26/h3-7,10-16,18-21,32,36H,2,8-9,17,22-25,35H2,1H3,(H,37,39). The molecule has 0 saturated heterocycles. The number of hydrogen-bond acceptors (Lipinski definition) is 4. The zero-order valence-electron chi connectivity index (χ0n) is 23.3. The second-order valence-corrected chi connectivity index (χ2v) is 9.98. The largest absolute Gasteiger partial charge is 0.351 e. The number of benzene rings is 4. The van der Waals surface area contributed by atoms with Crippen LogP contribution in [0.5, 0.6) is 0 Å². The van der Waals surface area contributed by atoms with E-state index in [2.05, 4.69) is 34.9 Å². The highest BCUT2D eigenvalue weighted by atomic mass is 16.2. The van der Waals surface area contributed by atoms with E-state index < -0.39 is 0 Å². The summed E-state index contributed by atoms with van der Waals surface area (Å²) in [6.07, 6.45) is 2.44. The Morgan fingerprint density at radius 3 is 2.25 bits per heavy atom. The van der Waals surface area contributed by atoms with Crippen molar-refractivity contribution in [2.24, 2.45) is 5.73 Å². The van der Waals surface area contributed by atoms with Crippen molar-refractivity contribution in [3.63, 3.8) is 0 Å². The van der Waals surface area contributed by atoms with E-state index >= 15 is 0 Å². The topological polar surface area (TPSA) is 87.5 Å². The van der Waals surface area contributed by atoms with Crippen molar-refractivity contribution in [2.75, 3.05) is 26.2 Å². The molecule has 1 atom stereocenters. The number of likely N-dealkylation sites (N-methyl/N-ethyl adjacent to an activating group) is 1. The molecule has 0 saturated carbocycles. The highest BCUT2D eigenvalue weighted by Gasteiger charge is 2.23. The molecule has 0 spiro atoms. The van der Waals surface area contributed by atoms with Crippen molar-refractivity contribution < 1.29 is 9.59 Å². The molecule has 0 aromatic heterocycles. The van der Waals surface area contributed by atoms with E-state index in [9.17, 15) is 9.59 Å². The van der Waals surface area contributed by atoms with E-state index in [0.717, 1.165) is 29.5 Å². The van der Waals surface area contributed by atoms with Gasteiger partial charge in [-0.25, -0.2) is 0 Å². The zero-order valence-corrected chi connectivity index (χ0v) is 23.3. The summed E-state index contributed by atoms with van der Waals surface area (Å²) in [5.41, 5.74) is 9.66. The lowest BCUT2D eigenvalue weighted by atomic mass is 10.0. The molecule has 0 radical (unpaired) electrons. The quantitative estimate of drug-likeness (QED) is 0.189. The van der Waals surface area contributed by atoms with Gasteiger partial charge in [0.2, 0.25) is 5.91 Å². The second kappa shape index (κ2) is 15.0. The van der Waals surface area contributed by atoms with Crippen LogP contribution in [-0.2, 0) is 11.3 Å². The molecule has 0 bridgehead atoms. The smallest absolute Gasteiger partial charge is 0.251 e. The minimum atomic E-state index is -0.330. The van der Waals surface area contributed by atoms with E-state index in [0.29, 0.717) is 44.7 Å². The molecule has 2 amide bonds. The lowest BCUT2D eigenvalue weighted by Gasteiger charge is -2.28. The van der Waals surface area contributed by atoms with Crippen LogP contribution in [0.1, 0.15) is 42.1 Å². The molecule has 0 fully saturated rings. The van der Waals surface area contributed by atoms with Crippen LogP contribution in [0.2, 0.25) is 0 Å². The van der Waals surface area contributed by atoms with E-state index in [1.807, 2.05) is 84.6 Å². The molecule has 0 aliphatic heterocycles. The van der Waals surface area contributed by atoms with E-state index in [4.69, 9.17) is 5.73 Å². The third-order valence-corrected chi connectivity index (χ3v) is 7.24. The summed E-state index contributed by atoms with van der Waals surface area (Å²) in [7, 11) is 0. The summed E-state index contributed by atoms with van der Waals surface area (Å²) < 4.78 is 0. The second-order valence-electron chi connectivity index (χ2n) is 9.98. The number of nitrogens with two attached hydrogens (primary N) is 1. The Balaban J connectivity index is 1.33. The number of nitrogens with zero attached hydrogens (tertiary/aromatic N) is 1. The van der Waals surface area contributed by atoms with Crippen LogP contribution in [0, 0.1) is 0 Å². The number of unbranched alkanes of at least 4 members (excludes halogenated alkanes) is 1. The van der Waals surface area contributed by atoms with Crippen LogP contribution in [0.4, 0.5) is 0 Å². The first-order valence-electron chi connectivity index (χ1n) is 14.2. The summed E-state index contributed by atoms with van der Waals surface area (Å²) in [4.78, 5) is 28.3. The monoisotopic (exact) mass is 536 g/mol. The number of carbonyl (C=O) groups is 2. The average molecular weight is 537 g/mol. The van der Waals surface area contributed by atoms with Gasteiger partial charge in [0.15, 0.2) is 0 Å².